The zero-order valence-corrected chi connectivity index (χ0v) is 49.9. The minimum Gasteiger partial charge on any atom is -0.462 e. The molecule has 1 atom stereocenters. The van der Waals surface area contributed by atoms with Gasteiger partial charge in [-0.25, -0.2) is 0 Å². The first-order valence-electron chi connectivity index (χ1n) is 31.7. The van der Waals surface area contributed by atoms with Gasteiger partial charge in [0.25, 0.3) is 0 Å². The van der Waals surface area contributed by atoms with Crippen molar-refractivity contribution in [2.45, 2.75) is 284 Å². The number of esters is 3. The van der Waals surface area contributed by atoms with Gasteiger partial charge in [-0.3, -0.25) is 14.4 Å². The van der Waals surface area contributed by atoms with E-state index in [0.29, 0.717) is 19.3 Å². The Morgan fingerprint density at radius 2 is 0.506 bits per heavy atom. The molecule has 0 fully saturated rings. The molecule has 6 nitrogen and oxygen atoms in total. The molecule has 0 aliphatic heterocycles. The van der Waals surface area contributed by atoms with Crippen molar-refractivity contribution in [3.8, 4) is 0 Å². The molecule has 0 rings (SSSR count). The van der Waals surface area contributed by atoms with Crippen LogP contribution in [0.5, 0.6) is 0 Å². The monoisotopic (exact) mass is 1060 g/mol. The number of rotatable bonds is 56. The maximum atomic E-state index is 12.9. The van der Waals surface area contributed by atoms with Crippen molar-refractivity contribution >= 4 is 17.9 Å². The lowest BCUT2D eigenvalue weighted by molar-refractivity contribution is -0.167. The Labute approximate surface area is 475 Å². The average Bonchev–Trinajstić information content (AvgIpc) is 3.43. The summed E-state index contributed by atoms with van der Waals surface area (Å²) in [5.74, 6) is -0.942. The molecule has 6 heteroatoms. The zero-order chi connectivity index (χ0) is 55.7. The predicted molar refractivity (Wildman–Crippen MR) is 334 cm³/mol. The van der Waals surface area contributed by atoms with Crippen molar-refractivity contribution < 1.29 is 28.6 Å². The number of hydrogen-bond donors (Lipinski definition) is 0. The predicted octanol–water partition coefficient (Wildman–Crippen LogP) is 21.8. The van der Waals surface area contributed by atoms with E-state index in [-0.39, 0.29) is 31.1 Å². The highest BCUT2D eigenvalue weighted by atomic mass is 16.6. The van der Waals surface area contributed by atoms with Gasteiger partial charge in [-0.05, 0) is 135 Å². The second-order valence-corrected chi connectivity index (χ2v) is 20.5. The second kappa shape index (κ2) is 64.1. The first-order chi connectivity index (χ1) is 38.0. The van der Waals surface area contributed by atoms with E-state index in [9.17, 15) is 14.4 Å². The number of allylic oxidation sites excluding steroid dienone is 22. The molecule has 0 amide bonds. The van der Waals surface area contributed by atoms with Gasteiger partial charge < -0.3 is 14.2 Å². The van der Waals surface area contributed by atoms with Crippen LogP contribution in [-0.4, -0.2) is 37.2 Å². The lowest BCUT2D eigenvalue weighted by Gasteiger charge is -2.18. The van der Waals surface area contributed by atoms with Crippen LogP contribution in [0.1, 0.15) is 278 Å². The fourth-order valence-electron chi connectivity index (χ4n) is 8.43. The van der Waals surface area contributed by atoms with Gasteiger partial charge >= 0.3 is 17.9 Å². The molecule has 0 aromatic carbocycles. The standard InChI is InChI=1S/C71H116O6/c1-4-7-10-13-16-19-22-25-28-31-33-35-37-40-43-46-49-52-55-58-61-64-70(73)76-67-68(66-75-69(72)63-60-57-54-51-48-45-42-39-30-27-24-21-18-15-12-9-6-3)77-71(74)65-62-59-56-53-50-47-44-41-38-36-34-32-29-26-23-20-17-14-11-8-5-2/h7,9-10,12,16,18-19,21,23,25-28,30,32-35,38,41-42,45,68H,4-6,8,11,13-15,17,20,22,24,29,31,36-37,39-40,43-44,46-67H2,1-3H3/b10-7-,12-9-,19-16-,21-18-,26-23-,28-25-,30-27-,34-32-,35-33-,41-38-,45-42-. The van der Waals surface area contributed by atoms with Gasteiger partial charge in [0.1, 0.15) is 13.2 Å². The number of carbonyl (C=O) groups excluding carboxylic acids is 3. The topological polar surface area (TPSA) is 78.9 Å². The lowest BCUT2D eigenvalue weighted by Crippen LogP contribution is -2.30. The molecule has 0 aromatic rings. The van der Waals surface area contributed by atoms with Gasteiger partial charge in [-0.15, -0.1) is 0 Å². The van der Waals surface area contributed by atoms with E-state index in [1.54, 1.807) is 0 Å². The largest absolute Gasteiger partial charge is 0.462 e. The molecule has 0 aliphatic carbocycles. The molecule has 0 N–H and O–H groups in total. The summed E-state index contributed by atoms with van der Waals surface area (Å²) >= 11 is 0. The summed E-state index contributed by atoms with van der Waals surface area (Å²) < 4.78 is 16.9. The SMILES string of the molecule is CC/C=C\C/C=C\C/C=C\C/C=C\CCCCCCCCCCC(=O)OCC(COC(=O)CCCCCC/C=C\C/C=C\C/C=C\C/C=C\CC)OC(=O)CCCCCCCC/C=C\C/C=C\C/C=C\CCCCCCC. The van der Waals surface area contributed by atoms with Crippen LogP contribution in [0.25, 0.3) is 0 Å². The van der Waals surface area contributed by atoms with Gasteiger partial charge in [0, 0.05) is 19.3 Å². The zero-order valence-electron chi connectivity index (χ0n) is 49.9. The first-order valence-corrected chi connectivity index (χ1v) is 31.7. The van der Waals surface area contributed by atoms with Gasteiger partial charge in [0.2, 0.25) is 0 Å². The third kappa shape index (κ3) is 62.3. The molecular weight excluding hydrogens is 949 g/mol. The van der Waals surface area contributed by atoms with E-state index in [4.69, 9.17) is 14.2 Å². The van der Waals surface area contributed by atoms with Crippen molar-refractivity contribution in [2.75, 3.05) is 13.2 Å². The summed E-state index contributed by atoms with van der Waals surface area (Å²) in [5.41, 5.74) is 0. The van der Waals surface area contributed by atoms with Crippen molar-refractivity contribution in [1.82, 2.24) is 0 Å². The van der Waals surface area contributed by atoms with E-state index in [1.165, 1.54) is 83.5 Å². The van der Waals surface area contributed by atoms with Crippen LogP contribution in [-0.2, 0) is 28.6 Å². The Bertz CT molecular complexity index is 1650. The quantitative estimate of drug-likeness (QED) is 0.0261. The molecule has 436 valence electrons. The molecule has 0 bridgehead atoms. The highest BCUT2D eigenvalue weighted by Crippen LogP contribution is 2.15. The van der Waals surface area contributed by atoms with Crippen LogP contribution in [0.2, 0.25) is 0 Å². The Kier molecular flexibility index (Phi) is 60.4. The van der Waals surface area contributed by atoms with Crippen molar-refractivity contribution in [2.24, 2.45) is 0 Å². The van der Waals surface area contributed by atoms with Crippen molar-refractivity contribution in [3.05, 3.63) is 134 Å². The van der Waals surface area contributed by atoms with Crippen LogP contribution in [0, 0.1) is 0 Å². The van der Waals surface area contributed by atoms with Crippen molar-refractivity contribution in [1.29, 1.82) is 0 Å². The van der Waals surface area contributed by atoms with E-state index < -0.39 is 6.10 Å². The molecule has 0 aliphatic rings. The molecule has 0 saturated carbocycles. The van der Waals surface area contributed by atoms with Crippen LogP contribution in [0.3, 0.4) is 0 Å². The molecule has 0 saturated heterocycles. The van der Waals surface area contributed by atoms with E-state index in [0.717, 1.165) is 154 Å². The second-order valence-electron chi connectivity index (χ2n) is 20.5. The number of carbonyl (C=O) groups is 3. The Balaban J connectivity index is 4.48. The summed E-state index contributed by atoms with van der Waals surface area (Å²) in [5, 5.41) is 0. The summed E-state index contributed by atoms with van der Waals surface area (Å²) in [6, 6.07) is 0. The maximum absolute atomic E-state index is 12.9. The number of ether oxygens (including phenoxy) is 3. The Hall–Kier alpha value is -4.45. The Morgan fingerprint density at radius 3 is 0.792 bits per heavy atom. The highest BCUT2D eigenvalue weighted by molar-refractivity contribution is 5.71. The van der Waals surface area contributed by atoms with E-state index in [2.05, 4.69) is 154 Å². The van der Waals surface area contributed by atoms with Crippen LogP contribution in [0.4, 0.5) is 0 Å². The molecule has 1 unspecified atom stereocenters. The third-order valence-corrected chi connectivity index (χ3v) is 13.1. The lowest BCUT2D eigenvalue weighted by atomic mass is 10.1. The van der Waals surface area contributed by atoms with Gasteiger partial charge in [0.15, 0.2) is 6.10 Å². The van der Waals surface area contributed by atoms with Gasteiger partial charge in [-0.1, -0.05) is 257 Å². The highest BCUT2D eigenvalue weighted by Gasteiger charge is 2.19. The van der Waals surface area contributed by atoms with Crippen LogP contribution < -0.4 is 0 Å². The maximum Gasteiger partial charge on any atom is 0.306 e. The third-order valence-electron chi connectivity index (χ3n) is 13.1. The number of unbranched alkanes of at least 4 members (excludes halogenated alkanes) is 23. The van der Waals surface area contributed by atoms with Gasteiger partial charge in [-0.2, -0.15) is 0 Å². The van der Waals surface area contributed by atoms with E-state index >= 15 is 0 Å². The summed E-state index contributed by atoms with van der Waals surface area (Å²) in [7, 11) is 0. The fourth-order valence-corrected chi connectivity index (χ4v) is 8.43. The normalized spacial score (nSPS) is 13.0. The molecule has 0 radical (unpaired) electrons. The minimum atomic E-state index is -0.806. The first kappa shape index (κ1) is 72.5. The molecule has 0 spiro atoms. The summed E-state index contributed by atoms with van der Waals surface area (Å²) in [4.78, 5) is 38.4. The fraction of sp³-hybridized carbons (Fsp3) is 0.648. The smallest absolute Gasteiger partial charge is 0.306 e. The minimum absolute atomic E-state index is 0.0998. The summed E-state index contributed by atoms with van der Waals surface area (Å²) in [6.07, 6.45) is 90.1. The Morgan fingerprint density at radius 1 is 0.273 bits per heavy atom. The van der Waals surface area contributed by atoms with Crippen molar-refractivity contribution in [3.63, 3.8) is 0 Å². The van der Waals surface area contributed by atoms with Crippen LogP contribution in [0.15, 0.2) is 134 Å². The molecule has 0 heterocycles. The van der Waals surface area contributed by atoms with Crippen LogP contribution >= 0.6 is 0 Å². The van der Waals surface area contributed by atoms with E-state index in [1.807, 2.05) is 0 Å². The van der Waals surface area contributed by atoms with Gasteiger partial charge in [0.05, 0.1) is 0 Å². The molecule has 0 aromatic heterocycles. The average molecular weight is 1070 g/mol. The number of hydrogen-bond acceptors (Lipinski definition) is 6. The molecular formula is C71H116O6. The summed E-state index contributed by atoms with van der Waals surface area (Å²) in [6.45, 7) is 6.37. The molecule has 77 heavy (non-hydrogen) atoms.